The Bertz CT molecular complexity index is 559. The number of benzene rings is 1. The number of nitrogens with zero attached hydrogens (tertiary/aromatic N) is 1. The van der Waals surface area contributed by atoms with Crippen LogP contribution in [0, 0.1) is 5.41 Å². The van der Waals surface area contributed by atoms with Crippen LogP contribution in [0.1, 0.15) is 16.7 Å². The van der Waals surface area contributed by atoms with Crippen molar-refractivity contribution in [2.24, 2.45) is 5.73 Å². The van der Waals surface area contributed by atoms with Gasteiger partial charge in [0.1, 0.15) is 0 Å². The molecule has 2 rings (SSSR count). The minimum atomic E-state index is 0.432. The molecule has 0 aliphatic rings. The zero-order chi connectivity index (χ0) is 12.3. The van der Waals surface area contributed by atoms with Crippen LogP contribution in [0.25, 0.3) is 5.70 Å². The molecule has 0 unspecified atom stereocenters. The van der Waals surface area contributed by atoms with Crippen LogP contribution in [-0.2, 0) is 0 Å². The van der Waals surface area contributed by atoms with E-state index >= 15 is 0 Å². The molecule has 0 radical (unpaired) electrons. The normalized spacial score (nSPS) is 9.88. The molecule has 0 fully saturated rings. The lowest BCUT2D eigenvalue weighted by atomic mass is 10.0. The Morgan fingerprint density at radius 2 is 1.71 bits per heavy atom. The summed E-state index contributed by atoms with van der Waals surface area (Å²) in [6.07, 6.45) is 3.30. The van der Waals surface area contributed by atoms with Crippen molar-refractivity contribution in [3.63, 3.8) is 0 Å². The first-order valence-corrected chi connectivity index (χ1v) is 5.22. The second-order valence-corrected chi connectivity index (χ2v) is 3.73. The second-order valence-electron chi connectivity index (χ2n) is 3.73. The molecule has 0 saturated carbocycles. The van der Waals surface area contributed by atoms with Crippen molar-refractivity contribution in [3.05, 3.63) is 72.1 Å². The third-order valence-electron chi connectivity index (χ3n) is 2.46. The lowest BCUT2D eigenvalue weighted by Crippen LogP contribution is -2.04. The van der Waals surface area contributed by atoms with Crippen LogP contribution in [0.2, 0.25) is 0 Å². The van der Waals surface area contributed by atoms with Crippen molar-refractivity contribution in [1.82, 2.24) is 4.98 Å². The molecule has 0 bridgehead atoms. The summed E-state index contributed by atoms with van der Waals surface area (Å²) >= 11 is 0. The third-order valence-corrected chi connectivity index (χ3v) is 2.46. The topological polar surface area (TPSA) is 62.8 Å². The van der Waals surface area contributed by atoms with E-state index in [1.165, 1.54) is 0 Å². The molecule has 1 aromatic carbocycles. The van der Waals surface area contributed by atoms with Crippen molar-refractivity contribution in [3.8, 4) is 0 Å². The van der Waals surface area contributed by atoms with Crippen molar-refractivity contribution in [1.29, 1.82) is 5.41 Å². The van der Waals surface area contributed by atoms with Gasteiger partial charge in [0, 0.05) is 34.8 Å². The predicted molar refractivity (Wildman–Crippen MR) is 69.8 cm³/mol. The zero-order valence-corrected chi connectivity index (χ0v) is 9.35. The third kappa shape index (κ3) is 2.39. The predicted octanol–water partition coefficient (Wildman–Crippen LogP) is 2.43. The van der Waals surface area contributed by atoms with Crippen LogP contribution in [0.3, 0.4) is 0 Å². The number of nitrogens with two attached hydrogens (primary N) is 1. The molecule has 0 atom stereocenters. The number of rotatable bonds is 3. The van der Waals surface area contributed by atoms with Gasteiger partial charge in [0.25, 0.3) is 0 Å². The molecule has 17 heavy (non-hydrogen) atoms. The van der Waals surface area contributed by atoms with Gasteiger partial charge in [-0.15, -0.1) is 0 Å². The summed E-state index contributed by atoms with van der Waals surface area (Å²) in [7, 11) is 0. The van der Waals surface area contributed by atoms with Gasteiger partial charge >= 0.3 is 0 Å². The van der Waals surface area contributed by atoms with Gasteiger partial charge in [-0.1, -0.05) is 36.9 Å². The average Bonchev–Trinajstić information content (AvgIpc) is 2.39. The largest absolute Gasteiger partial charge is 0.399 e. The molecular formula is C14H13N3. The lowest BCUT2D eigenvalue weighted by molar-refractivity contribution is 1.28. The highest BCUT2D eigenvalue weighted by molar-refractivity contribution is 6.10. The SMILES string of the molecule is C=C(N)c1cncc(C(=N)c2ccccc2)c1. The lowest BCUT2D eigenvalue weighted by Gasteiger charge is -2.06. The Morgan fingerprint density at radius 1 is 1.06 bits per heavy atom. The summed E-state index contributed by atoms with van der Waals surface area (Å²) in [6, 6.07) is 11.3. The second kappa shape index (κ2) is 4.61. The van der Waals surface area contributed by atoms with Crippen LogP contribution >= 0.6 is 0 Å². The summed E-state index contributed by atoms with van der Waals surface area (Å²) in [5.74, 6) is 0. The van der Waals surface area contributed by atoms with Crippen LogP contribution in [0.5, 0.6) is 0 Å². The fraction of sp³-hybridized carbons (Fsp3) is 0. The number of hydrogen-bond acceptors (Lipinski definition) is 3. The van der Waals surface area contributed by atoms with Gasteiger partial charge in [0.05, 0.1) is 5.71 Å². The van der Waals surface area contributed by atoms with E-state index in [-0.39, 0.29) is 0 Å². The molecule has 3 nitrogen and oxygen atoms in total. The van der Waals surface area contributed by atoms with Crippen molar-refractivity contribution in [2.75, 3.05) is 0 Å². The van der Waals surface area contributed by atoms with E-state index in [1.54, 1.807) is 12.4 Å². The molecule has 1 heterocycles. The van der Waals surface area contributed by atoms with E-state index in [0.29, 0.717) is 11.4 Å². The van der Waals surface area contributed by atoms with Crippen LogP contribution < -0.4 is 5.73 Å². The minimum absolute atomic E-state index is 0.432. The maximum absolute atomic E-state index is 8.10. The van der Waals surface area contributed by atoms with Gasteiger partial charge in [-0.3, -0.25) is 10.4 Å². The van der Waals surface area contributed by atoms with Gasteiger partial charge < -0.3 is 5.73 Å². The van der Waals surface area contributed by atoms with E-state index in [1.807, 2.05) is 36.4 Å². The molecule has 84 valence electrons. The Morgan fingerprint density at radius 3 is 2.35 bits per heavy atom. The Hall–Kier alpha value is -2.42. The van der Waals surface area contributed by atoms with Crippen LogP contribution in [0.4, 0.5) is 0 Å². The van der Waals surface area contributed by atoms with E-state index in [2.05, 4.69) is 11.6 Å². The molecule has 2 aromatic rings. The number of aromatic nitrogens is 1. The van der Waals surface area contributed by atoms with Gasteiger partial charge in [-0.25, -0.2) is 0 Å². The Labute approximate surface area is 100 Å². The first-order chi connectivity index (χ1) is 8.18. The number of hydrogen-bond donors (Lipinski definition) is 2. The maximum Gasteiger partial charge on any atom is 0.0700 e. The standard InChI is InChI=1S/C14H13N3/c1-10(15)12-7-13(9-17-8-12)14(16)11-5-3-2-4-6-11/h2-9,16H,1,15H2. The first-order valence-electron chi connectivity index (χ1n) is 5.22. The molecule has 0 aliphatic carbocycles. The number of pyridine rings is 1. The average molecular weight is 223 g/mol. The van der Waals surface area contributed by atoms with Gasteiger partial charge in [-0.2, -0.15) is 0 Å². The molecular weight excluding hydrogens is 210 g/mol. The van der Waals surface area contributed by atoms with Gasteiger partial charge in [0.2, 0.25) is 0 Å². The van der Waals surface area contributed by atoms with Gasteiger partial charge in [0.15, 0.2) is 0 Å². The molecule has 3 heteroatoms. The van der Waals surface area contributed by atoms with Crippen molar-refractivity contribution < 1.29 is 0 Å². The Balaban J connectivity index is 2.38. The summed E-state index contributed by atoms with van der Waals surface area (Å²) in [4.78, 5) is 4.07. The highest BCUT2D eigenvalue weighted by atomic mass is 14.7. The molecule has 0 spiro atoms. The number of nitrogens with one attached hydrogen (secondary N) is 1. The van der Waals surface area contributed by atoms with Crippen molar-refractivity contribution in [2.45, 2.75) is 0 Å². The first kappa shape index (κ1) is 11.1. The molecule has 0 aliphatic heterocycles. The summed E-state index contributed by atoms with van der Waals surface area (Å²) < 4.78 is 0. The molecule has 3 N–H and O–H groups in total. The monoisotopic (exact) mass is 223 g/mol. The highest BCUT2D eigenvalue weighted by Crippen LogP contribution is 2.12. The van der Waals surface area contributed by atoms with E-state index in [9.17, 15) is 0 Å². The van der Waals surface area contributed by atoms with E-state index in [0.717, 1.165) is 16.7 Å². The highest BCUT2D eigenvalue weighted by Gasteiger charge is 2.05. The Kier molecular flexibility index (Phi) is 3.01. The smallest absolute Gasteiger partial charge is 0.0700 e. The van der Waals surface area contributed by atoms with Gasteiger partial charge in [-0.05, 0) is 6.07 Å². The van der Waals surface area contributed by atoms with Crippen molar-refractivity contribution >= 4 is 11.4 Å². The summed E-state index contributed by atoms with van der Waals surface area (Å²) in [6.45, 7) is 3.67. The summed E-state index contributed by atoms with van der Waals surface area (Å²) in [5.41, 5.74) is 8.85. The van der Waals surface area contributed by atoms with Crippen LogP contribution in [-0.4, -0.2) is 10.7 Å². The molecule has 1 aromatic heterocycles. The fourth-order valence-corrected chi connectivity index (χ4v) is 1.52. The molecule has 0 saturated heterocycles. The van der Waals surface area contributed by atoms with Crippen LogP contribution in [0.15, 0.2) is 55.4 Å². The van der Waals surface area contributed by atoms with E-state index in [4.69, 9.17) is 11.1 Å². The molecule has 0 amide bonds. The minimum Gasteiger partial charge on any atom is -0.399 e. The quantitative estimate of drug-likeness (QED) is 0.785. The maximum atomic E-state index is 8.10. The van der Waals surface area contributed by atoms with E-state index < -0.39 is 0 Å². The fourth-order valence-electron chi connectivity index (χ4n) is 1.52. The summed E-state index contributed by atoms with van der Waals surface area (Å²) in [5, 5.41) is 8.10. The zero-order valence-electron chi connectivity index (χ0n) is 9.35.